The minimum atomic E-state index is -3.63. The largest absolute Gasteiger partial charge is 0.279 e. The number of sulfonamides is 1. The first-order chi connectivity index (χ1) is 9.85. The Balaban J connectivity index is 2.16. The summed E-state index contributed by atoms with van der Waals surface area (Å²) in [5.74, 6) is 0. The normalized spacial score (nSPS) is 11.8. The minimum Gasteiger partial charge on any atom is -0.279 e. The van der Waals surface area contributed by atoms with E-state index in [-0.39, 0.29) is 0 Å². The molecule has 0 saturated heterocycles. The molecule has 0 spiro atoms. The zero-order chi connectivity index (χ0) is 15.5. The third kappa shape index (κ3) is 4.77. The molecule has 2 aromatic rings. The fourth-order valence-electron chi connectivity index (χ4n) is 1.63. The first kappa shape index (κ1) is 15.9. The standard InChI is InChI=1S/C15H13Cl2NO2S/c1-11-2-7-15(14(17)10-11)18-21(19,20)9-8-12-3-5-13(16)6-4-12/h2-10,18H,1H3/b9-8+. The van der Waals surface area contributed by atoms with E-state index >= 15 is 0 Å². The van der Waals surface area contributed by atoms with E-state index in [0.717, 1.165) is 16.5 Å². The van der Waals surface area contributed by atoms with Crippen LogP contribution in [0, 0.1) is 6.92 Å². The van der Waals surface area contributed by atoms with Gasteiger partial charge < -0.3 is 0 Å². The maximum atomic E-state index is 12.0. The fourth-order valence-corrected chi connectivity index (χ4v) is 2.99. The van der Waals surface area contributed by atoms with Gasteiger partial charge in [-0.1, -0.05) is 41.4 Å². The molecule has 0 amide bonds. The lowest BCUT2D eigenvalue weighted by Gasteiger charge is -2.07. The van der Waals surface area contributed by atoms with Crippen LogP contribution in [0.2, 0.25) is 10.0 Å². The molecule has 0 unspecified atom stereocenters. The van der Waals surface area contributed by atoms with Gasteiger partial charge in [0.05, 0.1) is 16.1 Å². The highest BCUT2D eigenvalue weighted by Gasteiger charge is 2.08. The van der Waals surface area contributed by atoms with Crippen LogP contribution in [-0.4, -0.2) is 8.42 Å². The van der Waals surface area contributed by atoms with E-state index in [4.69, 9.17) is 23.2 Å². The molecule has 0 saturated carbocycles. The van der Waals surface area contributed by atoms with Crippen LogP contribution >= 0.6 is 23.2 Å². The van der Waals surface area contributed by atoms with Crippen molar-refractivity contribution >= 4 is 45.0 Å². The predicted octanol–water partition coefficient (Wildman–Crippen LogP) is 4.71. The minimum absolute atomic E-state index is 0.350. The van der Waals surface area contributed by atoms with E-state index in [1.165, 1.54) is 6.08 Å². The van der Waals surface area contributed by atoms with Crippen LogP contribution < -0.4 is 4.72 Å². The summed E-state index contributed by atoms with van der Waals surface area (Å²) in [4.78, 5) is 0. The van der Waals surface area contributed by atoms with Crippen LogP contribution in [0.5, 0.6) is 0 Å². The molecule has 0 atom stereocenters. The molecule has 1 N–H and O–H groups in total. The molecule has 2 rings (SSSR count). The lowest BCUT2D eigenvalue weighted by atomic mass is 10.2. The highest BCUT2D eigenvalue weighted by molar-refractivity contribution is 7.95. The third-order valence-corrected chi connectivity index (χ3v) is 4.25. The Bertz CT molecular complexity index is 769. The van der Waals surface area contributed by atoms with Crippen molar-refractivity contribution in [3.8, 4) is 0 Å². The Kier molecular flexibility index (Phi) is 4.93. The van der Waals surface area contributed by atoms with Gasteiger partial charge in [-0.2, -0.15) is 0 Å². The first-order valence-electron chi connectivity index (χ1n) is 6.08. The number of benzene rings is 2. The Morgan fingerprint density at radius 3 is 2.33 bits per heavy atom. The second-order valence-corrected chi connectivity index (χ2v) is 6.89. The molecule has 3 nitrogen and oxygen atoms in total. The van der Waals surface area contributed by atoms with Gasteiger partial charge in [0.25, 0.3) is 10.0 Å². The zero-order valence-corrected chi connectivity index (χ0v) is 13.5. The molecule has 110 valence electrons. The number of rotatable bonds is 4. The average Bonchev–Trinajstić information content (AvgIpc) is 2.41. The highest BCUT2D eigenvalue weighted by Crippen LogP contribution is 2.24. The van der Waals surface area contributed by atoms with Gasteiger partial charge in [0.1, 0.15) is 0 Å². The molecule has 0 aromatic heterocycles. The van der Waals surface area contributed by atoms with Crippen molar-refractivity contribution in [2.45, 2.75) is 6.92 Å². The maximum Gasteiger partial charge on any atom is 0.255 e. The average molecular weight is 342 g/mol. The molecule has 21 heavy (non-hydrogen) atoms. The highest BCUT2D eigenvalue weighted by atomic mass is 35.5. The van der Waals surface area contributed by atoms with Crippen LogP contribution in [0.3, 0.4) is 0 Å². The fraction of sp³-hybridized carbons (Fsp3) is 0.0667. The molecule has 0 aliphatic heterocycles. The number of hydrogen-bond acceptors (Lipinski definition) is 2. The Labute approximate surface area is 134 Å². The van der Waals surface area contributed by atoms with E-state index in [9.17, 15) is 8.42 Å². The SMILES string of the molecule is Cc1ccc(NS(=O)(=O)/C=C/c2ccc(Cl)cc2)c(Cl)c1. The Morgan fingerprint density at radius 1 is 1.05 bits per heavy atom. The Hall–Kier alpha value is -1.49. The van der Waals surface area contributed by atoms with Crippen molar-refractivity contribution in [1.29, 1.82) is 0 Å². The van der Waals surface area contributed by atoms with E-state index in [2.05, 4.69) is 4.72 Å². The molecular formula is C15H13Cl2NO2S. The van der Waals surface area contributed by atoms with Gasteiger partial charge in [-0.25, -0.2) is 8.42 Å². The van der Waals surface area contributed by atoms with Crippen molar-refractivity contribution in [3.63, 3.8) is 0 Å². The Morgan fingerprint density at radius 2 is 1.71 bits per heavy atom. The van der Waals surface area contributed by atoms with E-state index in [1.807, 2.05) is 6.92 Å². The zero-order valence-electron chi connectivity index (χ0n) is 11.2. The number of hydrogen-bond donors (Lipinski definition) is 1. The smallest absolute Gasteiger partial charge is 0.255 e. The summed E-state index contributed by atoms with van der Waals surface area (Å²) in [5.41, 5.74) is 2.04. The van der Waals surface area contributed by atoms with Crippen LogP contribution in [0.4, 0.5) is 5.69 Å². The molecule has 0 fully saturated rings. The van der Waals surface area contributed by atoms with Gasteiger partial charge in [-0.05, 0) is 48.4 Å². The van der Waals surface area contributed by atoms with Gasteiger partial charge in [0.2, 0.25) is 0 Å². The van der Waals surface area contributed by atoms with Gasteiger partial charge >= 0.3 is 0 Å². The van der Waals surface area contributed by atoms with Gasteiger partial charge in [0, 0.05) is 5.02 Å². The summed E-state index contributed by atoms with van der Waals surface area (Å²) in [6.07, 6.45) is 1.49. The van der Waals surface area contributed by atoms with E-state index < -0.39 is 10.0 Å². The summed E-state index contributed by atoms with van der Waals surface area (Å²) in [5, 5.41) is 2.05. The topological polar surface area (TPSA) is 46.2 Å². The molecule has 0 bridgehead atoms. The lowest BCUT2D eigenvalue weighted by Crippen LogP contribution is -2.09. The molecule has 0 aliphatic carbocycles. The van der Waals surface area contributed by atoms with Gasteiger partial charge in [0.15, 0.2) is 0 Å². The molecule has 2 aromatic carbocycles. The van der Waals surface area contributed by atoms with Crippen molar-refractivity contribution in [2.24, 2.45) is 0 Å². The predicted molar refractivity (Wildman–Crippen MR) is 89.2 cm³/mol. The summed E-state index contributed by atoms with van der Waals surface area (Å²) in [6, 6.07) is 12.0. The quantitative estimate of drug-likeness (QED) is 0.874. The summed E-state index contributed by atoms with van der Waals surface area (Å²) < 4.78 is 26.4. The van der Waals surface area contributed by atoms with Crippen LogP contribution in [0.15, 0.2) is 47.9 Å². The molecule has 0 radical (unpaired) electrons. The molecule has 0 heterocycles. The lowest BCUT2D eigenvalue weighted by molar-refractivity contribution is 0.609. The first-order valence-corrected chi connectivity index (χ1v) is 8.38. The molecular weight excluding hydrogens is 329 g/mol. The van der Waals surface area contributed by atoms with Crippen LogP contribution in [0.1, 0.15) is 11.1 Å². The summed E-state index contributed by atoms with van der Waals surface area (Å²) in [6.45, 7) is 1.88. The van der Waals surface area contributed by atoms with E-state index in [0.29, 0.717) is 15.7 Å². The van der Waals surface area contributed by atoms with Gasteiger partial charge in [-0.15, -0.1) is 0 Å². The van der Waals surface area contributed by atoms with Crippen molar-refractivity contribution in [1.82, 2.24) is 0 Å². The van der Waals surface area contributed by atoms with Crippen LogP contribution in [0.25, 0.3) is 6.08 Å². The summed E-state index contributed by atoms with van der Waals surface area (Å²) >= 11 is 11.8. The molecule has 0 aliphatic rings. The number of halogens is 2. The van der Waals surface area contributed by atoms with Crippen molar-refractivity contribution < 1.29 is 8.42 Å². The second-order valence-electron chi connectivity index (χ2n) is 4.48. The van der Waals surface area contributed by atoms with Crippen molar-refractivity contribution in [3.05, 3.63) is 69.0 Å². The maximum absolute atomic E-state index is 12.0. The second kappa shape index (κ2) is 6.52. The molecule has 6 heteroatoms. The number of nitrogens with one attached hydrogen (secondary N) is 1. The monoisotopic (exact) mass is 341 g/mol. The van der Waals surface area contributed by atoms with Crippen LogP contribution in [-0.2, 0) is 10.0 Å². The third-order valence-electron chi connectivity index (χ3n) is 2.69. The summed E-state index contributed by atoms with van der Waals surface area (Å²) in [7, 11) is -3.63. The number of aryl methyl sites for hydroxylation is 1. The van der Waals surface area contributed by atoms with Crippen molar-refractivity contribution in [2.75, 3.05) is 4.72 Å². The van der Waals surface area contributed by atoms with E-state index in [1.54, 1.807) is 42.5 Å². The number of anilines is 1. The van der Waals surface area contributed by atoms with Gasteiger partial charge in [-0.3, -0.25) is 4.72 Å².